The van der Waals surface area contributed by atoms with E-state index in [1.54, 1.807) is 0 Å². The van der Waals surface area contributed by atoms with Crippen molar-refractivity contribution in [3.8, 4) is 11.1 Å². The highest BCUT2D eigenvalue weighted by Crippen LogP contribution is 2.43. The summed E-state index contributed by atoms with van der Waals surface area (Å²) >= 11 is 1.89. The first-order chi connectivity index (χ1) is 19.8. The summed E-state index contributed by atoms with van der Waals surface area (Å²) in [5.74, 6) is 0. The SMILES string of the molecule is c1ccc(-c2cccc(N(c3ccc4ccccc4c3)c3ccc4sc5c6ccccc6ccc5c4c3)c2)cc1. The number of nitrogens with zero attached hydrogens (tertiary/aromatic N) is 1. The number of hydrogen-bond acceptors (Lipinski definition) is 2. The highest BCUT2D eigenvalue weighted by atomic mass is 32.1. The van der Waals surface area contributed by atoms with E-state index < -0.39 is 0 Å². The molecular weight excluding hydrogens is 502 g/mol. The van der Waals surface area contributed by atoms with E-state index in [-0.39, 0.29) is 0 Å². The predicted molar refractivity (Wildman–Crippen MR) is 174 cm³/mol. The van der Waals surface area contributed by atoms with Crippen molar-refractivity contribution >= 4 is 70.1 Å². The summed E-state index contributed by atoms with van der Waals surface area (Å²) in [6.07, 6.45) is 0. The van der Waals surface area contributed by atoms with Gasteiger partial charge in [-0.2, -0.15) is 0 Å². The molecular formula is C38H25NS. The Kier molecular flexibility index (Phi) is 5.39. The molecule has 8 aromatic rings. The smallest absolute Gasteiger partial charge is 0.0468 e. The van der Waals surface area contributed by atoms with Gasteiger partial charge in [0, 0.05) is 37.2 Å². The van der Waals surface area contributed by atoms with E-state index >= 15 is 0 Å². The second-order valence-corrected chi connectivity index (χ2v) is 11.3. The van der Waals surface area contributed by atoms with Gasteiger partial charge in [0.25, 0.3) is 0 Å². The lowest BCUT2D eigenvalue weighted by molar-refractivity contribution is 1.30. The molecule has 0 N–H and O–H groups in total. The fourth-order valence-corrected chi connectivity index (χ4v) is 7.07. The Morgan fingerprint density at radius 3 is 1.95 bits per heavy atom. The zero-order valence-corrected chi connectivity index (χ0v) is 22.6. The van der Waals surface area contributed by atoms with E-state index in [9.17, 15) is 0 Å². The largest absolute Gasteiger partial charge is 0.310 e. The maximum absolute atomic E-state index is 2.39. The quantitative estimate of drug-likeness (QED) is 0.220. The molecule has 0 amide bonds. The standard InChI is InChI=1S/C38H25NS/c1-2-9-26(10-3-1)30-14-8-15-31(23-30)39(32-19-17-27-11-4-5-13-29(27)24-32)33-20-22-37-36(25-33)35-21-18-28-12-6-7-16-34(28)38(35)40-37/h1-25H. The molecule has 0 spiro atoms. The van der Waals surface area contributed by atoms with Gasteiger partial charge in [-0.1, -0.05) is 109 Å². The zero-order chi connectivity index (χ0) is 26.5. The van der Waals surface area contributed by atoms with Gasteiger partial charge in [-0.05, 0) is 75.1 Å². The molecule has 0 aliphatic rings. The molecule has 1 heterocycles. The zero-order valence-electron chi connectivity index (χ0n) is 21.8. The highest BCUT2D eigenvalue weighted by Gasteiger charge is 2.16. The minimum atomic E-state index is 1.14. The molecule has 0 fully saturated rings. The van der Waals surface area contributed by atoms with E-state index in [2.05, 4.69) is 157 Å². The average molecular weight is 528 g/mol. The van der Waals surface area contributed by atoms with Gasteiger partial charge < -0.3 is 4.90 Å². The number of fused-ring (bicyclic) bond motifs is 6. The Morgan fingerprint density at radius 1 is 0.375 bits per heavy atom. The molecule has 7 aromatic carbocycles. The molecule has 2 heteroatoms. The van der Waals surface area contributed by atoms with Crippen LogP contribution >= 0.6 is 11.3 Å². The molecule has 0 unspecified atom stereocenters. The van der Waals surface area contributed by atoms with Crippen LogP contribution in [0, 0.1) is 0 Å². The maximum atomic E-state index is 2.39. The van der Waals surface area contributed by atoms with E-state index in [0.29, 0.717) is 0 Å². The summed E-state index contributed by atoms with van der Waals surface area (Å²) in [6.45, 7) is 0. The Hall–Kier alpha value is -4.92. The first-order valence-electron chi connectivity index (χ1n) is 13.6. The van der Waals surface area contributed by atoms with Crippen molar-refractivity contribution in [2.24, 2.45) is 0 Å². The summed E-state index contributed by atoms with van der Waals surface area (Å²) < 4.78 is 2.67. The van der Waals surface area contributed by atoms with E-state index in [4.69, 9.17) is 0 Å². The molecule has 40 heavy (non-hydrogen) atoms. The van der Waals surface area contributed by atoms with Gasteiger partial charge in [0.15, 0.2) is 0 Å². The van der Waals surface area contributed by atoms with Gasteiger partial charge in [-0.3, -0.25) is 0 Å². The lowest BCUT2D eigenvalue weighted by Gasteiger charge is -2.26. The summed E-state index contributed by atoms with van der Waals surface area (Å²) in [5.41, 5.74) is 5.86. The second kappa shape index (κ2) is 9.37. The molecule has 0 bridgehead atoms. The van der Waals surface area contributed by atoms with Crippen LogP contribution in [0.3, 0.4) is 0 Å². The van der Waals surface area contributed by atoms with Crippen LogP contribution < -0.4 is 4.90 Å². The van der Waals surface area contributed by atoms with Crippen molar-refractivity contribution in [1.29, 1.82) is 0 Å². The minimum Gasteiger partial charge on any atom is -0.310 e. The van der Waals surface area contributed by atoms with E-state index in [1.165, 1.54) is 52.8 Å². The predicted octanol–water partition coefficient (Wildman–Crippen LogP) is 11.5. The first kappa shape index (κ1) is 23.0. The van der Waals surface area contributed by atoms with Crippen molar-refractivity contribution in [1.82, 2.24) is 0 Å². The molecule has 188 valence electrons. The van der Waals surface area contributed by atoms with Crippen LogP contribution in [0.15, 0.2) is 152 Å². The molecule has 8 rings (SSSR count). The van der Waals surface area contributed by atoms with Gasteiger partial charge in [-0.15, -0.1) is 11.3 Å². The van der Waals surface area contributed by atoms with E-state index in [1.807, 2.05) is 11.3 Å². The van der Waals surface area contributed by atoms with Crippen LogP contribution in [0.2, 0.25) is 0 Å². The molecule has 1 aromatic heterocycles. The third-order valence-electron chi connectivity index (χ3n) is 7.81. The summed E-state index contributed by atoms with van der Waals surface area (Å²) in [7, 11) is 0. The Bertz CT molecular complexity index is 2170. The van der Waals surface area contributed by atoms with Gasteiger partial charge >= 0.3 is 0 Å². The van der Waals surface area contributed by atoms with Crippen molar-refractivity contribution in [3.63, 3.8) is 0 Å². The maximum Gasteiger partial charge on any atom is 0.0468 e. The van der Waals surface area contributed by atoms with Crippen LogP contribution in [-0.4, -0.2) is 0 Å². The van der Waals surface area contributed by atoms with Crippen LogP contribution in [0.4, 0.5) is 17.1 Å². The van der Waals surface area contributed by atoms with Crippen molar-refractivity contribution in [3.05, 3.63) is 152 Å². The highest BCUT2D eigenvalue weighted by molar-refractivity contribution is 7.26. The van der Waals surface area contributed by atoms with Crippen LogP contribution in [0.5, 0.6) is 0 Å². The van der Waals surface area contributed by atoms with Crippen molar-refractivity contribution in [2.75, 3.05) is 4.90 Å². The lowest BCUT2D eigenvalue weighted by Crippen LogP contribution is -2.10. The Balaban J connectivity index is 1.35. The molecule has 1 nitrogen and oxygen atoms in total. The van der Waals surface area contributed by atoms with Gasteiger partial charge in [-0.25, -0.2) is 0 Å². The van der Waals surface area contributed by atoms with Crippen molar-refractivity contribution in [2.45, 2.75) is 0 Å². The lowest BCUT2D eigenvalue weighted by atomic mass is 10.0. The molecule has 0 aliphatic carbocycles. The minimum absolute atomic E-state index is 1.14. The number of rotatable bonds is 4. The van der Waals surface area contributed by atoms with Crippen LogP contribution in [-0.2, 0) is 0 Å². The summed E-state index contributed by atoms with van der Waals surface area (Å²) in [5, 5.41) is 7.71. The number of thiophene rings is 1. The third-order valence-corrected chi connectivity index (χ3v) is 9.03. The topological polar surface area (TPSA) is 3.24 Å². The number of benzene rings is 7. The van der Waals surface area contributed by atoms with Crippen LogP contribution in [0.25, 0.3) is 52.8 Å². The van der Waals surface area contributed by atoms with Crippen LogP contribution in [0.1, 0.15) is 0 Å². The average Bonchev–Trinajstić information content (AvgIpc) is 3.40. The first-order valence-corrected chi connectivity index (χ1v) is 14.4. The molecule has 0 saturated carbocycles. The van der Waals surface area contributed by atoms with Gasteiger partial charge in [0.05, 0.1) is 0 Å². The van der Waals surface area contributed by atoms with Gasteiger partial charge in [0.2, 0.25) is 0 Å². The molecule has 0 aliphatic heterocycles. The molecule has 0 saturated heterocycles. The second-order valence-electron chi connectivity index (χ2n) is 10.2. The summed E-state index contributed by atoms with van der Waals surface area (Å²) in [4.78, 5) is 2.39. The molecule has 0 radical (unpaired) electrons. The number of hydrogen-bond donors (Lipinski definition) is 0. The molecule has 0 atom stereocenters. The third kappa shape index (κ3) is 3.85. The fraction of sp³-hybridized carbons (Fsp3) is 0. The number of anilines is 3. The van der Waals surface area contributed by atoms with Gasteiger partial charge in [0.1, 0.15) is 0 Å². The fourth-order valence-electron chi connectivity index (χ4n) is 5.85. The Morgan fingerprint density at radius 2 is 1.05 bits per heavy atom. The normalized spacial score (nSPS) is 11.5. The summed E-state index contributed by atoms with van der Waals surface area (Å²) in [6, 6.07) is 55.0. The van der Waals surface area contributed by atoms with Crippen molar-refractivity contribution < 1.29 is 0 Å². The monoisotopic (exact) mass is 527 g/mol. The van der Waals surface area contributed by atoms with E-state index in [0.717, 1.165) is 17.1 Å². The Labute approximate surface area is 237 Å².